The summed E-state index contributed by atoms with van der Waals surface area (Å²) < 4.78 is 4.46. The van der Waals surface area contributed by atoms with E-state index in [4.69, 9.17) is 0 Å². The highest BCUT2D eigenvalue weighted by atomic mass is 35.5. The molecule has 2 nitrogen and oxygen atoms in total. The number of ether oxygens (including phenoxy) is 1. The van der Waals surface area contributed by atoms with Crippen LogP contribution < -0.4 is 0 Å². The summed E-state index contributed by atoms with van der Waals surface area (Å²) in [4.78, 5) is 10.7. The Labute approximate surface area is 81.4 Å². The van der Waals surface area contributed by atoms with E-state index in [1.165, 1.54) is 18.4 Å². The van der Waals surface area contributed by atoms with Crippen molar-refractivity contribution >= 4 is 42.1 Å². The van der Waals surface area contributed by atoms with Crippen LogP contribution in [0.25, 0.3) is 0 Å². The molecule has 0 saturated heterocycles. The largest absolute Gasteiger partial charge is 0.465 e. The predicted molar refractivity (Wildman–Crippen MR) is 50.2 cm³/mol. The lowest BCUT2D eigenvalue weighted by Gasteiger charge is -1.90. The van der Waals surface area contributed by atoms with E-state index in [-0.39, 0.29) is 30.8 Å². The molecule has 1 aromatic rings. The summed E-state index contributed by atoms with van der Waals surface area (Å²) in [6.45, 7) is 0. The molecule has 0 aliphatic rings. The molecule has 5 heteroatoms. The van der Waals surface area contributed by atoms with Crippen molar-refractivity contribution in [3.05, 3.63) is 22.4 Å². The highest BCUT2D eigenvalue weighted by molar-refractivity contribution is 7.08. The van der Waals surface area contributed by atoms with Crippen LogP contribution in [0.3, 0.4) is 0 Å². The second-order valence-corrected chi connectivity index (χ2v) is 2.28. The standard InChI is InChI=1S/C6H6O2S.2ClH/c1-8-6(7)5-2-3-9-4-5;;/h2-4H,1H3;2*1H. The molecule has 11 heavy (non-hydrogen) atoms. The van der Waals surface area contributed by atoms with Crippen LogP contribution in [0.1, 0.15) is 10.4 Å². The fraction of sp³-hybridized carbons (Fsp3) is 0.167. The molecule has 64 valence electrons. The molecule has 0 radical (unpaired) electrons. The molecule has 0 amide bonds. The van der Waals surface area contributed by atoms with Crippen molar-refractivity contribution in [3.8, 4) is 0 Å². The molecule has 0 spiro atoms. The second kappa shape index (κ2) is 6.46. The summed E-state index contributed by atoms with van der Waals surface area (Å²) in [6, 6.07) is 1.73. The van der Waals surface area contributed by atoms with Crippen LogP contribution in [-0.2, 0) is 4.74 Å². The first-order valence-corrected chi connectivity index (χ1v) is 3.39. The van der Waals surface area contributed by atoms with Crippen molar-refractivity contribution in [1.29, 1.82) is 0 Å². The molecule has 0 fully saturated rings. The molecule has 0 aromatic carbocycles. The van der Waals surface area contributed by atoms with Crippen LogP contribution in [0, 0.1) is 0 Å². The average Bonchev–Trinajstić information content (AvgIpc) is 2.37. The molecular weight excluding hydrogens is 207 g/mol. The van der Waals surface area contributed by atoms with Gasteiger partial charge in [-0.05, 0) is 11.4 Å². The van der Waals surface area contributed by atoms with Gasteiger partial charge in [-0.3, -0.25) is 0 Å². The number of carbonyl (C=O) groups excluding carboxylic acids is 1. The molecule has 0 bridgehead atoms. The van der Waals surface area contributed by atoms with E-state index in [1.807, 2.05) is 5.38 Å². The average molecular weight is 215 g/mol. The monoisotopic (exact) mass is 214 g/mol. The lowest BCUT2D eigenvalue weighted by molar-refractivity contribution is 0.0601. The maximum atomic E-state index is 10.7. The number of thiophene rings is 1. The van der Waals surface area contributed by atoms with Crippen molar-refractivity contribution < 1.29 is 9.53 Å². The molecule has 1 heterocycles. The highest BCUT2D eigenvalue weighted by Crippen LogP contribution is 2.06. The molecular formula is C6H8Cl2O2S. The molecule has 0 aliphatic heterocycles. The minimum atomic E-state index is -0.267. The minimum absolute atomic E-state index is 0. The first kappa shape index (κ1) is 13.3. The quantitative estimate of drug-likeness (QED) is 0.672. The Morgan fingerprint density at radius 2 is 2.18 bits per heavy atom. The van der Waals surface area contributed by atoms with Crippen molar-refractivity contribution in [1.82, 2.24) is 0 Å². The fourth-order valence-corrected chi connectivity index (χ4v) is 1.12. The number of carbonyl (C=O) groups is 1. The highest BCUT2D eigenvalue weighted by Gasteiger charge is 2.02. The van der Waals surface area contributed by atoms with Crippen LogP contribution in [0.2, 0.25) is 0 Å². The first-order chi connectivity index (χ1) is 4.34. The number of rotatable bonds is 1. The third kappa shape index (κ3) is 3.60. The Balaban J connectivity index is 0. The fourth-order valence-electron chi connectivity index (χ4n) is 0.498. The van der Waals surface area contributed by atoms with Crippen LogP contribution >= 0.6 is 36.2 Å². The summed E-state index contributed by atoms with van der Waals surface area (Å²) in [5, 5.41) is 3.60. The minimum Gasteiger partial charge on any atom is -0.465 e. The Kier molecular flexibility index (Phi) is 7.84. The Morgan fingerprint density at radius 3 is 2.55 bits per heavy atom. The van der Waals surface area contributed by atoms with Crippen molar-refractivity contribution in [2.45, 2.75) is 0 Å². The van der Waals surface area contributed by atoms with Crippen LogP contribution in [0.15, 0.2) is 16.8 Å². The van der Waals surface area contributed by atoms with Gasteiger partial charge in [-0.15, -0.1) is 24.8 Å². The zero-order chi connectivity index (χ0) is 6.69. The van der Waals surface area contributed by atoms with Crippen molar-refractivity contribution in [3.63, 3.8) is 0 Å². The van der Waals surface area contributed by atoms with Gasteiger partial charge < -0.3 is 4.74 Å². The van der Waals surface area contributed by atoms with Crippen LogP contribution in [-0.4, -0.2) is 13.1 Å². The van der Waals surface area contributed by atoms with E-state index >= 15 is 0 Å². The molecule has 0 aliphatic carbocycles. The van der Waals surface area contributed by atoms with Gasteiger partial charge in [0.2, 0.25) is 0 Å². The van der Waals surface area contributed by atoms with Crippen LogP contribution in [0.4, 0.5) is 0 Å². The van der Waals surface area contributed by atoms with Crippen LogP contribution in [0.5, 0.6) is 0 Å². The number of esters is 1. The Morgan fingerprint density at radius 1 is 1.55 bits per heavy atom. The van der Waals surface area contributed by atoms with Gasteiger partial charge in [0.15, 0.2) is 0 Å². The summed E-state index contributed by atoms with van der Waals surface area (Å²) >= 11 is 1.48. The maximum absolute atomic E-state index is 10.7. The normalized spacial score (nSPS) is 7.36. The van der Waals surface area contributed by atoms with E-state index in [0.29, 0.717) is 5.56 Å². The predicted octanol–water partition coefficient (Wildman–Crippen LogP) is 2.38. The summed E-state index contributed by atoms with van der Waals surface area (Å²) in [6.07, 6.45) is 0. The van der Waals surface area contributed by atoms with Gasteiger partial charge in [0.1, 0.15) is 0 Å². The molecule has 1 aromatic heterocycles. The molecule has 0 atom stereocenters. The molecule has 0 saturated carbocycles. The van der Waals surface area contributed by atoms with Gasteiger partial charge in [0.25, 0.3) is 0 Å². The number of hydrogen-bond donors (Lipinski definition) is 0. The zero-order valence-corrected chi connectivity index (χ0v) is 8.22. The third-order valence-corrected chi connectivity index (χ3v) is 1.63. The first-order valence-electron chi connectivity index (χ1n) is 2.45. The third-order valence-electron chi connectivity index (χ3n) is 0.942. The molecule has 1 rings (SSSR count). The lowest BCUT2D eigenvalue weighted by atomic mass is 10.4. The SMILES string of the molecule is COC(=O)c1ccsc1.Cl.Cl. The van der Waals surface area contributed by atoms with Gasteiger partial charge in [-0.25, -0.2) is 4.79 Å². The summed E-state index contributed by atoms with van der Waals surface area (Å²) in [5.41, 5.74) is 0.627. The second-order valence-electron chi connectivity index (χ2n) is 1.50. The summed E-state index contributed by atoms with van der Waals surface area (Å²) in [7, 11) is 1.38. The zero-order valence-electron chi connectivity index (χ0n) is 5.77. The molecule has 0 unspecified atom stereocenters. The van der Waals surface area contributed by atoms with Gasteiger partial charge in [-0.1, -0.05) is 0 Å². The maximum Gasteiger partial charge on any atom is 0.338 e. The number of hydrogen-bond acceptors (Lipinski definition) is 3. The van der Waals surface area contributed by atoms with Crippen molar-refractivity contribution in [2.75, 3.05) is 7.11 Å². The lowest BCUT2D eigenvalue weighted by Crippen LogP contribution is -1.97. The van der Waals surface area contributed by atoms with Crippen molar-refractivity contribution in [2.24, 2.45) is 0 Å². The van der Waals surface area contributed by atoms with Gasteiger partial charge >= 0.3 is 5.97 Å². The number of halogens is 2. The molecule has 0 N–H and O–H groups in total. The number of methoxy groups -OCH3 is 1. The van der Waals surface area contributed by atoms with Gasteiger partial charge in [0, 0.05) is 5.38 Å². The topological polar surface area (TPSA) is 26.3 Å². The van der Waals surface area contributed by atoms with E-state index in [9.17, 15) is 4.79 Å². The van der Waals surface area contributed by atoms with Gasteiger partial charge in [-0.2, -0.15) is 11.3 Å². The Hall–Kier alpha value is -0.250. The van der Waals surface area contributed by atoms with Gasteiger partial charge in [0.05, 0.1) is 12.7 Å². The summed E-state index contributed by atoms with van der Waals surface area (Å²) in [5.74, 6) is -0.267. The van der Waals surface area contributed by atoms with E-state index in [0.717, 1.165) is 0 Å². The smallest absolute Gasteiger partial charge is 0.338 e. The van der Waals surface area contributed by atoms with E-state index in [1.54, 1.807) is 11.4 Å². The Bertz CT molecular complexity index is 198. The van der Waals surface area contributed by atoms with E-state index in [2.05, 4.69) is 4.74 Å². The van der Waals surface area contributed by atoms with E-state index < -0.39 is 0 Å².